The number of rotatable bonds is 9. The van der Waals surface area contributed by atoms with Crippen molar-refractivity contribution in [2.24, 2.45) is 0 Å². The summed E-state index contributed by atoms with van der Waals surface area (Å²) in [7, 11) is 0. The first kappa shape index (κ1) is 31.1. The number of aromatic nitrogens is 1. The molecule has 7 heteroatoms. The third kappa shape index (κ3) is 7.00. The number of hydrogen-bond acceptors (Lipinski definition) is 4. The second kappa shape index (κ2) is 14.0. The van der Waals surface area contributed by atoms with Crippen LogP contribution in [0.3, 0.4) is 0 Å². The molecule has 5 aromatic rings. The summed E-state index contributed by atoms with van der Waals surface area (Å²) >= 11 is 1.44. The number of nitrogens with zero attached hydrogens (tertiary/aromatic N) is 1. The molecule has 2 N–H and O–H groups in total. The molecule has 1 aromatic heterocycles. The maximum Gasteiger partial charge on any atom is 0.272 e. The number of carbonyl (C=O) groups is 3. The molecule has 0 bridgehead atoms. The zero-order chi connectivity index (χ0) is 32.0. The highest BCUT2D eigenvalue weighted by Gasteiger charge is 2.23. The number of fused-ring (bicyclic) bond motifs is 3. The molecule has 0 aliphatic heterocycles. The third-order valence-corrected chi connectivity index (χ3v) is 9.30. The van der Waals surface area contributed by atoms with E-state index >= 15 is 0 Å². The number of para-hydroxylation sites is 1. The Balaban J connectivity index is 1.19. The Bertz CT molecular complexity index is 1920. The quantitative estimate of drug-likeness (QED) is 0.127. The van der Waals surface area contributed by atoms with Crippen molar-refractivity contribution in [1.82, 2.24) is 9.88 Å². The number of carbonyl (C=O) groups excluding carboxylic acids is 3. The number of hydrogen-bond donors (Lipinski definition) is 2. The number of benzene rings is 4. The summed E-state index contributed by atoms with van der Waals surface area (Å²) in [5, 5.41) is 6.93. The Labute approximate surface area is 273 Å². The number of amides is 2. The van der Waals surface area contributed by atoms with Crippen molar-refractivity contribution in [1.29, 1.82) is 0 Å². The molecular weight excluding hydrogens is 591 g/mol. The second-order valence-electron chi connectivity index (χ2n) is 11.8. The zero-order valence-electron chi connectivity index (χ0n) is 26.1. The number of nitrogens with one attached hydrogen (secondary N) is 2. The Morgan fingerprint density at radius 2 is 1.59 bits per heavy atom. The SMILES string of the molecule is CC(C)c1ccc(/C=C(\NC(=O)c2ccccc2)C(=O)Nc2cccc(SCC(=O)n3c4c(c5ccccc53)CCCC4)c2)cc1. The summed E-state index contributed by atoms with van der Waals surface area (Å²) in [5.41, 5.74) is 6.58. The normalized spacial score (nSPS) is 13.0. The van der Waals surface area contributed by atoms with Crippen molar-refractivity contribution in [3.8, 4) is 0 Å². The summed E-state index contributed by atoms with van der Waals surface area (Å²) < 4.78 is 1.92. The first-order valence-corrected chi connectivity index (χ1v) is 16.7. The van der Waals surface area contributed by atoms with E-state index in [9.17, 15) is 14.4 Å². The van der Waals surface area contributed by atoms with Gasteiger partial charge >= 0.3 is 0 Å². The largest absolute Gasteiger partial charge is 0.321 e. The van der Waals surface area contributed by atoms with Gasteiger partial charge in [-0.15, -0.1) is 11.8 Å². The number of anilines is 1. The van der Waals surface area contributed by atoms with Crippen molar-refractivity contribution in [3.05, 3.63) is 137 Å². The highest BCUT2D eigenvalue weighted by molar-refractivity contribution is 8.00. The van der Waals surface area contributed by atoms with Crippen LogP contribution >= 0.6 is 11.8 Å². The van der Waals surface area contributed by atoms with Crippen LogP contribution in [0, 0.1) is 0 Å². The maximum atomic E-state index is 13.6. The molecule has 232 valence electrons. The van der Waals surface area contributed by atoms with Gasteiger partial charge < -0.3 is 10.6 Å². The molecule has 0 fully saturated rings. The fourth-order valence-corrected chi connectivity index (χ4v) is 6.74. The van der Waals surface area contributed by atoms with Gasteiger partial charge in [0, 0.05) is 27.2 Å². The van der Waals surface area contributed by atoms with Crippen molar-refractivity contribution < 1.29 is 14.4 Å². The van der Waals surface area contributed by atoms with E-state index in [1.165, 1.54) is 28.3 Å². The van der Waals surface area contributed by atoms with E-state index in [0.29, 0.717) is 17.2 Å². The first-order chi connectivity index (χ1) is 22.4. The Morgan fingerprint density at radius 1 is 0.848 bits per heavy atom. The van der Waals surface area contributed by atoms with E-state index in [1.807, 2.05) is 71.3 Å². The van der Waals surface area contributed by atoms with Crippen LogP contribution in [0.4, 0.5) is 5.69 Å². The second-order valence-corrected chi connectivity index (χ2v) is 12.9. The molecule has 2 amide bonds. The molecular formula is C39H37N3O3S. The minimum Gasteiger partial charge on any atom is -0.321 e. The monoisotopic (exact) mass is 627 g/mol. The van der Waals surface area contributed by atoms with Gasteiger partial charge in [0.15, 0.2) is 0 Å². The molecule has 46 heavy (non-hydrogen) atoms. The highest BCUT2D eigenvalue weighted by atomic mass is 32.2. The van der Waals surface area contributed by atoms with Crippen LogP contribution in [0.25, 0.3) is 17.0 Å². The molecule has 6 nitrogen and oxygen atoms in total. The van der Waals surface area contributed by atoms with Crippen molar-refractivity contribution in [2.45, 2.75) is 50.3 Å². The van der Waals surface area contributed by atoms with Crippen molar-refractivity contribution in [3.63, 3.8) is 0 Å². The Hall–Kier alpha value is -4.88. The van der Waals surface area contributed by atoms with Crippen LogP contribution in [0.2, 0.25) is 0 Å². The summed E-state index contributed by atoms with van der Waals surface area (Å²) in [5.74, 6) is -0.111. The average Bonchev–Trinajstić information content (AvgIpc) is 3.42. The van der Waals surface area contributed by atoms with Crippen LogP contribution in [0.15, 0.2) is 114 Å². The van der Waals surface area contributed by atoms with Gasteiger partial charge in [-0.25, -0.2) is 0 Å². The third-order valence-electron chi connectivity index (χ3n) is 8.33. The van der Waals surface area contributed by atoms with Crippen LogP contribution in [0.5, 0.6) is 0 Å². The fraction of sp³-hybridized carbons (Fsp3) is 0.205. The first-order valence-electron chi connectivity index (χ1n) is 15.7. The lowest BCUT2D eigenvalue weighted by molar-refractivity contribution is -0.113. The Morgan fingerprint density at radius 3 is 2.37 bits per heavy atom. The van der Waals surface area contributed by atoms with Crippen LogP contribution in [0.1, 0.15) is 70.1 Å². The highest BCUT2D eigenvalue weighted by Crippen LogP contribution is 2.33. The van der Waals surface area contributed by atoms with E-state index in [-0.39, 0.29) is 23.3 Å². The van der Waals surface area contributed by atoms with Crippen molar-refractivity contribution >= 4 is 52.1 Å². The predicted octanol–water partition coefficient (Wildman–Crippen LogP) is 8.49. The summed E-state index contributed by atoms with van der Waals surface area (Å²) in [6, 6.07) is 32.4. The smallest absolute Gasteiger partial charge is 0.272 e. The molecule has 0 atom stereocenters. The van der Waals surface area contributed by atoms with Crippen LogP contribution in [-0.2, 0) is 17.6 Å². The van der Waals surface area contributed by atoms with Crippen molar-refractivity contribution in [2.75, 3.05) is 11.1 Å². The minimum absolute atomic E-state index is 0.0520. The Kier molecular flexibility index (Phi) is 9.50. The fourth-order valence-electron chi connectivity index (χ4n) is 5.94. The molecule has 0 unspecified atom stereocenters. The minimum atomic E-state index is -0.444. The van der Waals surface area contributed by atoms with Gasteiger partial charge in [-0.05, 0) is 90.8 Å². The van der Waals surface area contributed by atoms with Gasteiger partial charge in [0.2, 0.25) is 5.91 Å². The summed E-state index contributed by atoms with van der Waals surface area (Å²) in [6.07, 6.45) is 5.85. The molecule has 0 saturated carbocycles. The van der Waals surface area contributed by atoms with Gasteiger partial charge in [0.05, 0.1) is 11.3 Å². The topological polar surface area (TPSA) is 80.2 Å². The molecule has 6 rings (SSSR count). The van der Waals surface area contributed by atoms with E-state index in [1.54, 1.807) is 36.4 Å². The molecule has 1 heterocycles. The molecule has 1 aliphatic rings. The lowest BCUT2D eigenvalue weighted by atomic mass is 9.96. The lowest BCUT2D eigenvalue weighted by Gasteiger charge is -2.15. The summed E-state index contributed by atoms with van der Waals surface area (Å²) in [4.78, 5) is 41.1. The van der Waals surface area contributed by atoms with E-state index in [0.717, 1.165) is 47.4 Å². The van der Waals surface area contributed by atoms with Gasteiger partial charge in [-0.3, -0.25) is 19.0 Å². The van der Waals surface area contributed by atoms with E-state index < -0.39 is 5.91 Å². The predicted molar refractivity (Wildman–Crippen MR) is 187 cm³/mol. The molecule has 0 radical (unpaired) electrons. The molecule has 0 saturated heterocycles. The molecule has 0 spiro atoms. The van der Waals surface area contributed by atoms with E-state index in [2.05, 4.69) is 30.5 Å². The van der Waals surface area contributed by atoms with E-state index in [4.69, 9.17) is 0 Å². The molecule has 4 aromatic carbocycles. The van der Waals surface area contributed by atoms with Gasteiger partial charge in [-0.1, -0.05) is 80.6 Å². The lowest BCUT2D eigenvalue weighted by Crippen LogP contribution is -2.30. The maximum absolute atomic E-state index is 13.6. The van der Waals surface area contributed by atoms with Gasteiger partial charge in [0.1, 0.15) is 5.70 Å². The number of aryl methyl sites for hydroxylation is 1. The van der Waals surface area contributed by atoms with Crippen LogP contribution in [-0.4, -0.2) is 28.0 Å². The summed E-state index contributed by atoms with van der Waals surface area (Å²) in [6.45, 7) is 4.25. The average molecular weight is 628 g/mol. The van der Waals surface area contributed by atoms with Crippen LogP contribution < -0.4 is 10.6 Å². The molecule has 1 aliphatic carbocycles. The standard InChI is InChI=1S/C39H37N3O3S/c1-26(2)28-21-19-27(20-22-28)23-34(41-38(44)29-11-4-3-5-12-29)39(45)40-30-13-10-14-31(24-30)46-25-37(43)42-35-17-8-6-15-32(35)33-16-7-9-18-36(33)42/h3-6,8,10-15,17,19-24,26H,7,9,16,18,25H2,1-2H3,(H,40,45)(H,41,44)/b34-23-. The van der Waals surface area contributed by atoms with Gasteiger partial charge in [0.25, 0.3) is 11.8 Å². The van der Waals surface area contributed by atoms with Gasteiger partial charge in [-0.2, -0.15) is 0 Å². The number of thioether (sulfide) groups is 1. The zero-order valence-corrected chi connectivity index (χ0v) is 26.9.